The number of imidazole rings is 1. The summed E-state index contributed by atoms with van der Waals surface area (Å²) in [7, 11) is 0. The zero-order valence-corrected chi connectivity index (χ0v) is 12.9. The van der Waals surface area contributed by atoms with Crippen LogP contribution in [-0.2, 0) is 11.3 Å². The molecule has 1 amide bonds. The zero-order valence-electron chi connectivity index (χ0n) is 12.1. The van der Waals surface area contributed by atoms with Gasteiger partial charge in [0.15, 0.2) is 0 Å². The van der Waals surface area contributed by atoms with Gasteiger partial charge >= 0.3 is 0 Å². The molecule has 1 heterocycles. The zero-order chi connectivity index (χ0) is 15.1. The molecule has 1 N–H and O–H groups in total. The lowest BCUT2D eigenvalue weighted by molar-refractivity contribution is -0.122. The monoisotopic (exact) mass is 305 g/mol. The van der Waals surface area contributed by atoms with Gasteiger partial charge in [-0.05, 0) is 24.1 Å². The Morgan fingerprint density at radius 3 is 3.00 bits per heavy atom. The molecular formula is C16H20ClN3O. The van der Waals surface area contributed by atoms with Gasteiger partial charge in [-0.3, -0.25) is 4.79 Å². The van der Waals surface area contributed by atoms with Crippen LogP contribution in [0.15, 0.2) is 43.0 Å². The van der Waals surface area contributed by atoms with Gasteiger partial charge < -0.3 is 9.88 Å². The van der Waals surface area contributed by atoms with Gasteiger partial charge in [0.25, 0.3) is 0 Å². The van der Waals surface area contributed by atoms with E-state index in [4.69, 9.17) is 11.6 Å². The fourth-order valence-electron chi connectivity index (χ4n) is 2.31. The standard InChI is InChI=1S/C16H20ClN3O/c1-2-4-15(20-8-7-18-12-20)10-16(21)19-11-13-5-3-6-14(17)9-13/h3,5-9,12,15H,2,4,10-11H2,1H3,(H,19,21). The molecule has 2 aromatic rings. The third-order valence-corrected chi connectivity index (χ3v) is 3.60. The van der Waals surface area contributed by atoms with Crippen LogP contribution in [-0.4, -0.2) is 15.5 Å². The summed E-state index contributed by atoms with van der Waals surface area (Å²) in [5.41, 5.74) is 1.01. The third-order valence-electron chi connectivity index (χ3n) is 3.37. The molecule has 0 bridgehead atoms. The quantitative estimate of drug-likeness (QED) is 0.850. The fourth-order valence-corrected chi connectivity index (χ4v) is 2.52. The maximum absolute atomic E-state index is 12.1. The highest BCUT2D eigenvalue weighted by Crippen LogP contribution is 2.17. The van der Waals surface area contributed by atoms with Gasteiger partial charge in [0.05, 0.1) is 6.33 Å². The number of hydrogen-bond donors (Lipinski definition) is 1. The van der Waals surface area contributed by atoms with E-state index in [0.29, 0.717) is 18.0 Å². The molecule has 112 valence electrons. The van der Waals surface area contributed by atoms with Crippen molar-refractivity contribution in [2.75, 3.05) is 0 Å². The van der Waals surface area contributed by atoms with Crippen LogP contribution in [0.5, 0.6) is 0 Å². The van der Waals surface area contributed by atoms with Crippen LogP contribution in [0, 0.1) is 0 Å². The van der Waals surface area contributed by atoms with Crippen LogP contribution in [0.4, 0.5) is 0 Å². The molecule has 4 nitrogen and oxygen atoms in total. The van der Waals surface area contributed by atoms with Crippen LogP contribution in [0.25, 0.3) is 0 Å². The van der Waals surface area contributed by atoms with E-state index < -0.39 is 0 Å². The molecule has 1 aromatic heterocycles. The Hall–Kier alpha value is -1.81. The van der Waals surface area contributed by atoms with Gasteiger partial charge in [-0.2, -0.15) is 0 Å². The average molecular weight is 306 g/mol. The van der Waals surface area contributed by atoms with E-state index in [0.717, 1.165) is 18.4 Å². The fraction of sp³-hybridized carbons (Fsp3) is 0.375. The number of nitrogens with one attached hydrogen (secondary N) is 1. The topological polar surface area (TPSA) is 46.9 Å². The first-order chi connectivity index (χ1) is 10.2. The molecule has 1 unspecified atom stereocenters. The van der Waals surface area contributed by atoms with Crippen molar-refractivity contribution in [3.05, 3.63) is 53.6 Å². The largest absolute Gasteiger partial charge is 0.352 e. The van der Waals surface area contributed by atoms with E-state index in [2.05, 4.69) is 17.2 Å². The molecule has 5 heteroatoms. The van der Waals surface area contributed by atoms with Crippen molar-refractivity contribution in [2.45, 2.75) is 38.8 Å². The van der Waals surface area contributed by atoms with Crippen molar-refractivity contribution in [3.63, 3.8) is 0 Å². The van der Waals surface area contributed by atoms with Crippen molar-refractivity contribution in [3.8, 4) is 0 Å². The molecule has 0 fully saturated rings. The minimum atomic E-state index is 0.0436. The SMILES string of the molecule is CCCC(CC(=O)NCc1cccc(Cl)c1)n1ccnc1. The van der Waals surface area contributed by atoms with E-state index in [-0.39, 0.29) is 11.9 Å². The normalized spacial score (nSPS) is 12.1. The van der Waals surface area contributed by atoms with Crippen molar-refractivity contribution < 1.29 is 4.79 Å². The highest BCUT2D eigenvalue weighted by atomic mass is 35.5. The number of amides is 1. The second kappa shape index (κ2) is 7.84. The molecule has 0 spiro atoms. The second-order valence-corrected chi connectivity index (χ2v) is 5.50. The molecule has 0 saturated heterocycles. The van der Waals surface area contributed by atoms with Crippen LogP contribution in [0.1, 0.15) is 37.8 Å². The van der Waals surface area contributed by atoms with Crippen molar-refractivity contribution >= 4 is 17.5 Å². The summed E-state index contributed by atoms with van der Waals surface area (Å²) in [6.45, 7) is 2.62. The maximum Gasteiger partial charge on any atom is 0.222 e. The molecule has 1 aromatic carbocycles. The molecule has 21 heavy (non-hydrogen) atoms. The van der Waals surface area contributed by atoms with Gasteiger partial charge in [-0.25, -0.2) is 4.98 Å². The Labute approximate surface area is 130 Å². The Morgan fingerprint density at radius 1 is 1.48 bits per heavy atom. The van der Waals surface area contributed by atoms with Crippen molar-refractivity contribution in [1.29, 1.82) is 0 Å². The Balaban J connectivity index is 1.88. The number of carbonyl (C=O) groups excluding carboxylic acids is 1. The summed E-state index contributed by atoms with van der Waals surface area (Å²) in [4.78, 5) is 16.2. The summed E-state index contributed by atoms with van der Waals surface area (Å²) in [5, 5.41) is 3.63. The number of rotatable bonds is 7. The van der Waals surface area contributed by atoms with Crippen molar-refractivity contribution in [1.82, 2.24) is 14.9 Å². The van der Waals surface area contributed by atoms with Crippen LogP contribution >= 0.6 is 11.6 Å². The van der Waals surface area contributed by atoms with Crippen LogP contribution < -0.4 is 5.32 Å². The van der Waals surface area contributed by atoms with Gasteiger partial charge in [0.1, 0.15) is 0 Å². The summed E-state index contributed by atoms with van der Waals surface area (Å²) < 4.78 is 2.00. The number of aromatic nitrogens is 2. The van der Waals surface area contributed by atoms with E-state index in [1.54, 1.807) is 12.5 Å². The Kier molecular flexibility index (Phi) is 5.81. The lowest BCUT2D eigenvalue weighted by Crippen LogP contribution is -2.26. The van der Waals surface area contributed by atoms with Crippen molar-refractivity contribution in [2.24, 2.45) is 0 Å². The third kappa shape index (κ3) is 4.90. The van der Waals surface area contributed by atoms with E-state index in [1.165, 1.54) is 0 Å². The summed E-state index contributed by atoms with van der Waals surface area (Å²) in [6, 6.07) is 7.68. The van der Waals surface area contributed by atoms with Gasteiger partial charge in [-0.1, -0.05) is 37.1 Å². The van der Waals surface area contributed by atoms with Crippen LogP contribution in [0.2, 0.25) is 5.02 Å². The molecule has 0 aliphatic heterocycles. The second-order valence-electron chi connectivity index (χ2n) is 5.06. The first-order valence-corrected chi connectivity index (χ1v) is 7.55. The predicted octanol–water partition coefficient (Wildman–Crippen LogP) is 3.58. The summed E-state index contributed by atoms with van der Waals surface area (Å²) >= 11 is 5.93. The van der Waals surface area contributed by atoms with E-state index in [9.17, 15) is 4.79 Å². The lowest BCUT2D eigenvalue weighted by Gasteiger charge is -2.17. The van der Waals surface area contributed by atoms with Crippen LogP contribution in [0.3, 0.4) is 0 Å². The number of nitrogens with zero attached hydrogens (tertiary/aromatic N) is 2. The highest BCUT2D eigenvalue weighted by molar-refractivity contribution is 6.30. The molecule has 0 saturated carbocycles. The molecule has 0 radical (unpaired) electrons. The minimum Gasteiger partial charge on any atom is -0.352 e. The highest BCUT2D eigenvalue weighted by Gasteiger charge is 2.14. The molecule has 1 atom stereocenters. The van der Waals surface area contributed by atoms with E-state index >= 15 is 0 Å². The first kappa shape index (κ1) is 15.6. The Bertz CT molecular complexity index is 569. The molecular weight excluding hydrogens is 286 g/mol. The maximum atomic E-state index is 12.1. The minimum absolute atomic E-state index is 0.0436. The number of carbonyl (C=O) groups is 1. The van der Waals surface area contributed by atoms with Gasteiger partial charge in [-0.15, -0.1) is 0 Å². The molecule has 2 rings (SSSR count). The first-order valence-electron chi connectivity index (χ1n) is 7.17. The average Bonchev–Trinajstić information content (AvgIpc) is 2.99. The van der Waals surface area contributed by atoms with Gasteiger partial charge in [0, 0.05) is 36.4 Å². The lowest BCUT2D eigenvalue weighted by atomic mass is 10.1. The van der Waals surface area contributed by atoms with E-state index in [1.807, 2.05) is 35.0 Å². The summed E-state index contributed by atoms with van der Waals surface area (Å²) in [6.07, 6.45) is 7.87. The van der Waals surface area contributed by atoms with Gasteiger partial charge in [0.2, 0.25) is 5.91 Å². The molecule has 0 aliphatic rings. The molecule has 0 aliphatic carbocycles. The Morgan fingerprint density at radius 2 is 2.33 bits per heavy atom. The predicted molar refractivity (Wildman–Crippen MR) is 84.1 cm³/mol. The smallest absolute Gasteiger partial charge is 0.222 e. The number of hydrogen-bond acceptors (Lipinski definition) is 2. The summed E-state index contributed by atoms with van der Waals surface area (Å²) in [5.74, 6) is 0.0436. The number of halogens is 1. The number of benzene rings is 1.